The summed E-state index contributed by atoms with van der Waals surface area (Å²) < 4.78 is 9.36. The molecule has 298 valence electrons. The lowest BCUT2D eigenvalue weighted by molar-refractivity contribution is 0.668. The molecule has 13 aromatic rings. The van der Waals surface area contributed by atoms with Crippen molar-refractivity contribution in [3.05, 3.63) is 218 Å². The molecule has 3 heterocycles. The van der Waals surface area contributed by atoms with E-state index in [4.69, 9.17) is 19.4 Å². The summed E-state index contributed by atoms with van der Waals surface area (Å²) >= 11 is 0. The number of fused-ring (bicyclic) bond motifs is 9. The van der Waals surface area contributed by atoms with E-state index >= 15 is 0 Å². The molecule has 0 radical (unpaired) electrons. The standard InChI is InChI=1S/C59H36N4O/c1-4-16-37(17-5-1)41-25-14-26-44(32-41)58-60-57(40-21-8-3-9-22-40)61-59(62-58)46-28-15-29-53-56(46)49-35-47(38-18-6-2-7-19-38)52(36-54(49)64-53)63-50-31-30-39-20-12-13-27-45(39)55(50)48-33-42-23-10-11-24-43(42)34-51(48)63/h1-36H. The minimum absolute atomic E-state index is 0.578. The average molecular weight is 817 g/mol. The Bertz CT molecular complexity index is 3950. The Morgan fingerprint density at radius 2 is 0.922 bits per heavy atom. The first-order chi connectivity index (χ1) is 31.7. The molecule has 0 fully saturated rings. The molecule has 13 rings (SSSR count). The van der Waals surface area contributed by atoms with Gasteiger partial charge in [0, 0.05) is 49.9 Å². The molecular weight excluding hydrogens is 781 g/mol. The second-order valence-electron chi connectivity index (χ2n) is 16.4. The predicted molar refractivity (Wildman–Crippen MR) is 264 cm³/mol. The minimum Gasteiger partial charge on any atom is -0.456 e. The van der Waals surface area contributed by atoms with Crippen molar-refractivity contribution in [2.45, 2.75) is 0 Å². The highest BCUT2D eigenvalue weighted by molar-refractivity contribution is 6.24. The SMILES string of the molecule is c1ccc(-c2cccc(-c3nc(-c4ccccc4)nc(-c4cccc5oc6cc(-n7c8cc9ccccc9cc8c8c9ccccc9ccc87)c(-c7ccccc7)cc6c45)n3)c2)cc1. The van der Waals surface area contributed by atoms with Crippen LogP contribution in [0.25, 0.3) is 127 Å². The van der Waals surface area contributed by atoms with Crippen LogP contribution in [0.1, 0.15) is 0 Å². The van der Waals surface area contributed by atoms with Crippen LogP contribution in [0.15, 0.2) is 223 Å². The summed E-state index contributed by atoms with van der Waals surface area (Å²) in [6.45, 7) is 0. The van der Waals surface area contributed by atoms with Crippen LogP contribution in [-0.4, -0.2) is 19.5 Å². The predicted octanol–water partition coefficient (Wildman–Crippen LogP) is 15.5. The van der Waals surface area contributed by atoms with Gasteiger partial charge in [-0.2, -0.15) is 0 Å². The quantitative estimate of drug-likeness (QED) is 0.168. The maximum atomic E-state index is 6.92. The van der Waals surface area contributed by atoms with Crippen molar-refractivity contribution in [2.75, 3.05) is 0 Å². The lowest BCUT2D eigenvalue weighted by atomic mass is 9.98. The zero-order valence-electron chi connectivity index (χ0n) is 34.5. The van der Waals surface area contributed by atoms with Gasteiger partial charge < -0.3 is 8.98 Å². The van der Waals surface area contributed by atoms with Gasteiger partial charge in [0.25, 0.3) is 0 Å². The van der Waals surface area contributed by atoms with Crippen molar-refractivity contribution >= 4 is 65.3 Å². The number of aromatic nitrogens is 4. The summed E-state index contributed by atoms with van der Waals surface area (Å²) in [6, 6.07) is 76.9. The highest BCUT2D eigenvalue weighted by Crippen LogP contribution is 2.45. The summed E-state index contributed by atoms with van der Waals surface area (Å²) in [7, 11) is 0. The normalized spacial score (nSPS) is 11.8. The van der Waals surface area contributed by atoms with Crippen molar-refractivity contribution in [2.24, 2.45) is 0 Å². The first-order valence-electron chi connectivity index (χ1n) is 21.6. The fraction of sp³-hybridized carbons (Fsp3) is 0. The van der Waals surface area contributed by atoms with Gasteiger partial charge in [-0.1, -0.05) is 176 Å². The maximum Gasteiger partial charge on any atom is 0.164 e. The lowest BCUT2D eigenvalue weighted by Gasteiger charge is -2.15. The number of hydrogen-bond donors (Lipinski definition) is 0. The topological polar surface area (TPSA) is 56.7 Å². The van der Waals surface area contributed by atoms with E-state index in [1.165, 1.54) is 32.3 Å². The smallest absolute Gasteiger partial charge is 0.164 e. The molecule has 0 atom stereocenters. The van der Waals surface area contributed by atoms with Gasteiger partial charge in [-0.05, 0) is 74.6 Å². The van der Waals surface area contributed by atoms with Gasteiger partial charge in [0.15, 0.2) is 17.5 Å². The van der Waals surface area contributed by atoms with Crippen molar-refractivity contribution in [1.29, 1.82) is 0 Å². The average Bonchev–Trinajstić information content (AvgIpc) is 3.90. The van der Waals surface area contributed by atoms with Crippen LogP contribution in [0, 0.1) is 0 Å². The van der Waals surface area contributed by atoms with Gasteiger partial charge >= 0.3 is 0 Å². The molecule has 0 bridgehead atoms. The van der Waals surface area contributed by atoms with Crippen molar-refractivity contribution in [3.63, 3.8) is 0 Å². The van der Waals surface area contributed by atoms with Crippen LogP contribution in [0.3, 0.4) is 0 Å². The second kappa shape index (κ2) is 14.5. The van der Waals surface area contributed by atoms with Crippen LogP contribution in [0.5, 0.6) is 0 Å². The molecule has 0 saturated carbocycles. The van der Waals surface area contributed by atoms with Crippen molar-refractivity contribution < 1.29 is 4.42 Å². The zero-order valence-corrected chi connectivity index (χ0v) is 34.5. The summed E-state index contributed by atoms with van der Waals surface area (Å²) in [5.41, 5.74) is 12.0. The van der Waals surface area contributed by atoms with Crippen LogP contribution in [-0.2, 0) is 0 Å². The molecule has 0 amide bonds. The molecular formula is C59H36N4O. The maximum absolute atomic E-state index is 6.92. The highest BCUT2D eigenvalue weighted by atomic mass is 16.3. The first-order valence-corrected chi connectivity index (χ1v) is 21.6. The Morgan fingerprint density at radius 1 is 0.312 bits per heavy atom. The van der Waals surface area contributed by atoms with E-state index < -0.39 is 0 Å². The second-order valence-corrected chi connectivity index (χ2v) is 16.4. The van der Waals surface area contributed by atoms with Crippen LogP contribution < -0.4 is 0 Å². The molecule has 3 aromatic heterocycles. The molecule has 5 nitrogen and oxygen atoms in total. The molecule has 0 N–H and O–H groups in total. The third kappa shape index (κ3) is 5.83. The minimum atomic E-state index is 0.578. The summed E-state index contributed by atoms with van der Waals surface area (Å²) in [5.74, 6) is 1.79. The number of rotatable bonds is 6. The van der Waals surface area contributed by atoms with E-state index in [0.717, 1.165) is 77.6 Å². The Morgan fingerprint density at radius 3 is 1.70 bits per heavy atom. The molecule has 10 aromatic carbocycles. The molecule has 0 saturated heterocycles. The zero-order chi connectivity index (χ0) is 42.1. The Balaban J connectivity index is 1.08. The summed E-state index contributed by atoms with van der Waals surface area (Å²) in [5, 5.41) is 9.24. The van der Waals surface area contributed by atoms with Gasteiger partial charge in [0.05, 0.1) is 16.7 Å². The monoisotopic (exact) mass is 816 g/mol. The third-order valence-corrected chi connectivity index (χ3v) is 12.6. The lowest BCUT2D eigenvalue weighted by Crippen LogP contribution is -2.00. The third-order valence-electron chi connectivity index (χ3n) is 12.6. The fourth-order valence-corrected chi connectivity index (χ4v) is 9.62. The van der Waals surface area contributed by atoms with Crippen molar-refractivity contribution in [1.82, 2.24) is 19.5 Å². The molecule has 5 heteroatoms. The Hall–Kier alpha value is -8.67. The van der Waals surface area contributed by atoms with Gasteiger partial charge in [-0.3, -0.25) is 0 Å². The molecule has 0 unspecified atom stereocenters. The first kappa shape index (κ1) is 36.0. The number of nitrogens with zero attached hydrogens (tertiary/aromatic N) is 4. The van der Waals surface area contributed by atoms with E-state index in [1.807, 2.05) is 48.5 Å². The van der Waals surface area contributed by atoms with Gasteiger partial charge in [-0.15, -0.1) is 0 Å². The van der Waals surface area contributed by atoms with E-state index in [-0.39, 0.29) is 0 Å². The van der Waals surface area contributed by atoms with Gasteiger partial charge in [-0.25, -0.2) is 15.0 Å². The van der Waals surface area contributed by atoms with Gasteiger partial charge in [0.2, 0.25) is 0 Å². The van der Waals surface area contributed by atoms with E-state index in [1.54, 1.807) is 0 Å². The summed E-state index contributed by atoms with van der Waals surface area (Å²) in [6.07, 6.45) is 0. The van der Waals surface area contributed by atoms with Crippen molar-refractivity contribution in [3.8, 4) is 62.1 Å². The van der Waals surface area contributed by atoms with Gasteiger partial charge in [0.1, 0.15) is 11.2 Å². The molecule has 0 spiro atoms. The van der Waals surface area contributed by atoms with Crippen LogP contribution >= 0.6 is 0 Å². The van der Waals surface area contributed by atoms with E-state index in [9.17, 15) is 0 Å². The molecule has 0 aliphatic rings. The Labute approximate surface area is 368 Å². The largest absolute Gasteiger partial charge is 0.456 e. The number of benzene rings is 10. The molecule has 64 heavy (non-hydrogen) atoms. The fourth-order valence-electron chi connectivity index (χ4n) is 9.62. The van der Waals surface area contributed by atoms with E-state index in [2.05, 4.69) is 174 Å². The van der Waals surface area contributed by atoms with Crippen LogP contribution in [0.4, 0.5) is 0 Å². The summed E-state index contributed by atoms with van der Waals surface area (Å²) in [4.78, 5) is 15.6. The van der Waals surface area contributed by atoms with E-state index in [0.29, 0.717) is 17.5 Å². The number of hydrogen-bond acceptors (Lipinski definition) is 4. The molecule has 0 aliphatic carbocycles. The van der Waals surface area contributed by atoms with Crippen LogP contribution in [0.2, 0.25) is 0 Å². The molecule has 0 aliphatic heterocycles. The highest BCUT2D eigenvalue weighted by Gasteiger charge is 2.23. The Kier molecular flexibility index (Phi) is 8.15. The number of furan rings is 1.